The molecule has 0 radical (unpaired) electrons. The number of rotatable bonds is 7. The molecule has 0 bridgehead atoms. The number of nitrogens with two attached hydrogens (primary N) is 2. The van der Waals surface area contributed by atoms with E-state index in [0.29, 0.717) is 27.1 Å². The Hall–Kier alpha value is -2.06. The predicted octanol–water partition coefficient (Wildman–Crippen LogP) is 3.58. The summed E-state index contributed by atoms with van der Waals surface area (Å²) in [4.78, 5) is -0.0978. The number of benzene rings is 2. The zero-order valence-electron chi connectivity index (χ0n) is 13.4. The van der Waals surface area contributed by atoms with E-state index in [1.165, 1.54) is 0 Å². The summed E-state index contributed by atoms with van der Waals surface area (Å²) in [6, 6.07) is 12.0. The third-order valence-corrected chi connectivity index (χ3v) is 4.33. The van der Waals surface area contributed by atoms with E-state index in [1.54, 1.807) is 42.5 Å². The number of halogens is 2. The van der Waals surface area contributed by atoms with Gasteiger partial charge in [-0.25, -0.2) is 0 Å². The monoisotopic (exact) mass is 468 g/mol. The molecule has 6 nitrogen and oxygen atoms in total. The predicted molar refractivity (Wildman–Crippen MR) is 106 cm³/mol. The van der Waals surface area contributed by atoms with Crippen LogP contribution in [0.4, 0.5) is 0 Å². The highest BCUT2D eigenvalue weighted by atomic mass is 79.9. The molecule has 0 aliphatic heterocycles. The normalized spacial score (nSPS) is 12.9. The van der Waals surface area contributed by atoms with Gasteiger partial charge in [0.25, 0.3) is 6.29 Å². The largest absolute Gasteiger partial charge is 0.454 e. The van der Waals surface area contributed by atoms with Gasteiger partial charge in [0, 0.05) is 11.1 Å². The van der Waals surface area contributed by atoms with E-state index in [4.69, 9.17) is 31.8 Å². The molecule has 132 valence electrons. The first-order valence-electron chi connectivity index (χ1n) is 7.33. The lowest BCUT2D eigenvalue weighted by molar-refractivity contribution is 0.00884. The third-order valence-electron chi connectivity index (χ3n) is 3.28. The van der Waals surface area contributed by atoms with Crippen molar-refractivity contribution in [1.82, 2.24) is 0 Å². The van der Waals surface area contributed by atoms with Crippen molar-refractivity contribution >= 4 is 43.5 Å². The molecule has 0 spiro atoms. The van der Waals surface area contributed by atoms with Crippen molar-refractivity contribution in [3.05, 3.63) is 58.1 Å². The first-order chi connectivity index (χ1) is 11.8. The molecule has 0 aromatic heterocycles. The molecule has 25 heavy (non-hydrogen) atoms. The van der Waals surface area contributed by atoms with Gasteiger partial charge in [-0.2, -0.15) is 0 Å². The molecular formula is C17H18Br2N4O2. The van der Waals surface area contributed by atoms with Crippen LogP contribution in [0.2, 0.25) is 0 Å². The summed E-state index contributed by atoms with van der Waals surface area (Å²) in [6.07, 6.45) is -0.595. The summed E-state index contributed by atoms with van der Waals surface area (Å²) < 4.78 is 12.5. The number of hydrogen-bond donors (Lipinski definition) is 4. The van der Waals surface area contributed by atoms with Gasteiger partial charge in [0.15, 0.2) is 0 Å². The second-order valence-corrected chi connectivity index (χ2v) is 7.58. The van der Waals surface area contributed by atoms with Crippen LogP contribution >= 0.6 is 31.9 Å². The van der Waals surface area contributed by atoms with Crippen LogP contribution in [0.3, 0.4) is 0 Å². The van der Waals surface area contributed by atoms with Gasteiger partial charge < -0.3 is 20.9 Å². The highest BCUT2D eigenvalue weighted by molar-refractivity contribution is 9.10. The molecule has 0 saturated heterocycles. The average molecular weight is 470 g/mol. The Labute approximate surface area is 162 Å². The fourth-order valence-corrected chi connectivity index (χ4v) is 2.64. The number of nitrogens with one attached hydrogen (secondary N) is 2. The van der Waals surface area contributed by atoms with Gasteiger partial charge in [0.05, 0.1) is 9.30 Å². The molecule has 2 atom stereocenters. The molecule has 0 aliphatic rings. The molecule has 2 rings (SSSR count). The molecule has 2 unspecified atom stereocenters. The maximum absolute atomic E-state index is 7.47. The lowest BCUT2D eigenvalue weighted by Crippen LogP contribution is -2.31. The van der Waals surface area contributed by atoms with E-state index < -0.39 is 6.29 Å². The lowest BCUT2D eigenvalue weighted by Gasteiger charge is -2.23. The van der Waals surface area contributed by atoms with Gasteiger partial charge in [-0.05, 0) is 65.3 Å². The van der Waals surface area contributed by atoms with Crippen LogP contribution in [0.1, 0.15) is 18.1 Å². The minimum absolute atomic E-state index is 0.00250. The molecule has 8 heteroatoms. The van der Waals surface area contributed by atoms with E-state index in [2.05, 4.69) is 31.9 Å². The summed E-state index contributed by atoms with van der Waals surface area (Å²) in [6.45, 7) is 1.91. The Morgan fingerprint density at radius 1 is 0.960 bits per heavy atom. The summed E-state index contributed by atoms with van der Waals surface area (Å²) >= 11 is 6.90. The highest BCUT2D eigenvalue weighted by Crippen LogP contribution is 2.29. The minimum atomic E-state index is -0.595. The van der Waals surface area contributed by atoms with Gasteiger partial charge in [-0.1, -0.05) is 15.9 Å². The van der Waals surface area contributed by atoms with E-state index >= 15 is 0 Å². The van der Waals surface area contributed by atoms with E-state index in [9.17, 15) is 0 Å². The molecule has 6 N–H and O–H groups in total. The molecule has 0 heterocycles. The van der Waals surface area contributed by atoms with Gasteiger partial charge in [-0.15, -0.1) is 0 Å². The maximum atomic E-state index is 7.47. The summed E-state index contributed by atoms with van der Waals surface area (Å²) in [5.74, 6) is 1.15. The second-order valence-electron chi connectivity index (χ2n) is 5.28. The minimum Gasteiger partial charge on any atom is -0.454 e. The van der Waals surface area contributed by atoms with Crippen molar-refractivity contribution in [2.24, 2.45) is 11.5 Å². The van der Waals surface area contributed by atoms with Crippen molar-refractivity contribution in [3.8, 4) is 11.5 Å². The molecular weight excluding hydrogens is 452 g/mol. The van der Waals surface area contributed by atoms with Crippen LogP contribution in [-0.4, -0.2) is 22.8 Å². The summed E-state index contributed by atoms with van der Waals surface area (Å²) in [7, 11) is 0. The lowest BCUT2D eigenvalue weighted by atomic mass is 10.2. The SMILES string of the molecule is CC(Br)C(Oc1ccc(C(=N)N)cc1)Oc1ccc(C(=N)N)cc1Br. The first kappa shape index (κ1) is 19.3. The molecule has 0 saturated carbocycles. The van der Waals surface area contributed by atoms with Gasteiger partial charge >= 0.3 is 0 Å². The Kier molecular flexibility index (Phi) is 6.44. The van der Waals surface area contributed by atoms with Crippen molar-refractivity contribution in [3.63, 3.8) is 0 Å². The van der Waals surface area contributed by atoms with E-state index in [-0.39, 0.29) is 16.5 Å². The van der Waals surface area contributed by atoms with Crippen LogP contribution in [0.5, 0.6) is 11.5 Å². The number of ether oxygens (including phenoxy) is 2. The molecule has 0 fully saturated rings. The van der Waals surface area contributed by atoms with Gasteiger partial charge in [0.2, 0.25) is 0 Å². The van der Waals surface area contributed by atoms with Crippen molar-refractivity contribution in [2.45, 2.75) is 18.0 Å². The fraction of sp³-hybridized carbons (Fsp3) is 0.176. The topological polar surface area (TPSA) is 118 Å². The number of hydrogen-bond acceptors (Lipinski definition) is 4. The molecule has 2 aromatic carbocycles. The molecule has 0 aliphatic carbocycles. The third kappa shape index (κ3) is 5.20. The first-order valence-corrected chi connectivity index (χ1v) is 9.04. The number of alkyl halides is 1. The van der Waals surface area contributed by atoms with Gasteiger partial charge in [-0.3, -0.25) is 10.8 Å². The van der Waals surface area contributed by atoms with Crippen molar-refractivity contribution in [2.75, 3.05) is 0 Å². The standard InChI is InChI=1S/C17H18Br2N4O2/c1-9(18)17(24-12-5-2-10(3-6-12)15(20)21)25-14-7-4-11(16(22)23)8-13(14)19/h2-9,17H,1H3,(H3,20,21)(H3,22,23). The molecule has 0 amide bonds. The van der Waals surface area contributed by atoms with Crippen LogP contribution < -0.4 is 20.9 Å². The quantitative estimate of drug-likeness (QED) is 0.214. The van der Waals surface area contributed by atoms with Crippen LogP contribution in [-0.2, 0) is 0 Å². The Bertz CT molecular complexity index is 779. The second kappa shape index (κ2) is 8.35. The fourth-order valence-electron chi connectivity index (χ4n) is 1.95. The smallest absolute Gasteiger partial charge is 0.253 e. The molecule has 2 aromatic rings. The zero-order chi connectivity index (χ0) is 18.6. The number of amidine groups is 2. The Morgan fingerprint density at radius 2 is 1.52 bits per heavy atom. The van der Waals surface area contributed by atoms with Crippen molar-refractivity contribution in [1.29, 1.82) is 10.8 Å². The number of nitrogen functional groups attached to an aromatic ring is 2. The maximum Gasteiger partial charge on any atom is 0.253 e. The Balaban J connectivity index is 2.16. The average Bonchev–Trinajstić information content (AvgIpc) is 2.56. The van der Waals surface area contributed by atoms with Crippen LogP contribution in [0.25, 0.3) is 0 Å². The summed E-state index contributed by atoms with van der Waals surface area (Å²) in [5, 5.41) is 14.9. The highest BCUT2D eigenvalue weighted by Gasteiger charge is 2.20. The van der Waals surface area contributed by atoms with E-state index in [1.807, 2.05) is 6.92 Å². The summed E-state index contributed by atoms with van der Waals surface area (Å²) in [5.41, 5.74) is 12.2. The van der Waals surface area contributed by atoms with Crippen molar-refractivity contribution < 1.29 is 9.47 Å². The van der Waals surface area contributed by atoms with Crippen LogP contribution in [0.15, 0.2) is 46.9 Å². The van der Waals surface area contributed by atoms with E-state index in [0.717, 1.165) is 0 Å². The van der Waals surface area contributed by atoms with Gasteiger partial charge in [0.1, 0.15) is 23.2 Å². The Morgan fingerprint density at radius 3 is 2.00 bits per heavy atom. The van der Waals surface area contributed by atoms with Crippen LogP contribution in [0, 0.1) is 10.8 Å². The zero-order valence-corrected chi connectivity index (χ0v) is 16.6.